The van der Waals surface area contributed by atoms with Crippen molar-refractivity contribution in [2.75, 3.05) is 13.7 Å². The Balaban J connectivity index is 1.24. The van der Waals surface area contributed by atoms with Gasteiger partial charge in [-0.3, -0.25) is 9.20 Å². The predicted octanol–water partition coefficient (Wildman–Crippen LogP) is 2.16. The van der Waals surface area contributed by atoms with Crippen molar-refractivity contribution >= 4 is 28.7 Å². The van der Waals surface area contributed by atoms with Crippen LogP contribution in [0.1, 0.15) is 11.4 Å². The number of methoxy groups -OCH3 is 1. The topological polar surface area (TPSA) is 88.2 Å². The maximum Gasteiger partial charge on any atom is 0.250 e. The highest BCUT2D eigenvalue weighted by molar-refractivity contribution is 6.30. The van der Waals surface area contributed by atoms with Gasteiger partial charge in [-0.2, -0.15) is 0 Å². The molecule has 0 saturated heterocycles. The molecule has 1 aliphatic rings. The van der Waals surface area contributed by atoms with Crippen LogP contribution in [0.4, 0.5) is 0 Å². The van der Waals surface area contributed by atoms with E-state index in [1.807, 2.05) is 50.5 Å². The highest BCUT2D eigenvalue weighted by Crippen LogP contribution is 2.18. The van der Waals surface area contributed by atoms with E-state index in [4.69, 9.17) is 16.3 Å². The van der Waals surface area contributed by atoms with Gasteiger partial charge >= 0.3 is 0 Å². The van der Waals surface area contributed by atoms with Gasteiger partial charge in [0.1, 0.15) is 5.65 Å². The maximum absolute atomic E-state index is 12.6. The van der Waals surface area contributed by atoms with Crippen molar-refractivity contribution in [3.05, 3.63) is 77.2 Å². The fourth-order valence-corrected chi connectivity index (χ4v) is 3.75. The maximum atomic E-state index is 12.6. The molecule has 5 rings (SSSR count). The Morgan fingerprint density at radius 1 is 1.35 bits per heavy atom. The molecule has 0 atom stereocenters. The molecule has 1 aliphatic heterocycles. The second-order valence-corrected chi connectivity index (χ2v) is 7.59. The molecular formula is C21H20ClN7O2. The molecule has 0 fully saturated rings. The number of nitrogens with one attached hydrogen (secondary N) is 2. The van der Waals surface area contributed by atoms with Crippen molar-refractivity contribution in [1.29, 1.82) is 0 Å². The zero-order valence-electron chi connectivity index (χ0n) is 16.7. The molecule has 0 unspecified atom stereocenters. The summed E-state index contributed by atoms with van der Waals surface area (Å²) in [6.45, 7) is 1.28. The van der Waals surface area contributed by atoms with Gasteiger partial charge in [0.25, 0.3) is 0 Å². The number of imidazole rings is 2. The molecule has 4 aromatic heterocycles. The fourth-order valence-electron chi connectivity index (χ4n) is 3.59. The molecule has 0 saturated carbocycles. The Labute approximate surface area is 182 Å². The Morgan fingerprint density at radius 2 is 2.26 bits per heavy atom. The van der Waals surface area contributed by atoms with Gasteiger partial charge in [-0.15, -0.1) is 0 Å². The Kier molecular flexibility index (Phi) is 4.97. The fraction of sp³-hybridized carbons (Fsp3) is 0.190. The molecular weight excluding hydrogens is 418 g/mol. The Morgan fingerprint density at radius 3 is 3.13 bits per heavy atom. The third-order valence-corrected chi connectivity index (χ3v) is 5.35. The lowest BCUT2D eigenvalue weighted by molar-refractivity contribution is -0.117. The summed E-state index contributed by atoms with van der Waals surface area (Å²) in [4.78, 5) is 21.6. The van der Waals surface area contributed by atoms with Crippen LogP contribution >= 0.6 is 11.6 Å². The quantitative estimate of drug-likeness (QED) is 0.480. The van der Waals surface area contributed by atoms with Crippen LogP contribution in [0.3, 0.4) is 0 Å². The largest absolute Gasteiger partial charge is 0.482 e. The second kappa shape index (κ2) is 7.93. The SMILES string of the molecule is COc1cccc2nc(CN3C=C(C(=O)NCc4ncn5ccc(Cl)cc45)CN3)cn12. The van der Waals surface area contributed by atoms with Crippen molar-refractivity contribution in [3.63, 3.8) is 0 Å². The van der Waals surface area contributed by atoms with Crippen molar-refractivity contribution in [2.24, 2.45) is 0 Å². The van der Waals surface area contributed by atoms with Crippen LogP contribution in [0.15, 0.2) is 60.8 Å². The number of nitrogens with zero attached hydrogens (tertiary/aromatic N) is 5. The van der Waals surface area contributed by atoms with Crippen molar-refractivity contribution in [2.45, 2.75) is 13.1 Å². The van der Waals surface area contributed by atoms with E-state index in [2.05, 4.69) is 20.7 Å². The van der Waals surface area contributed by atoms with Crippen LogP contribution in [0.5, 0.6) is 5.88 Å². The predicted molar refractivity (Wildman–Crippen MR) is 115 cm³/mol. The van der Waals surface area contributed by atoms with Gasteiger partial charge in [-0.05, 0) is 24.3 Å². The molecule has 1 amide bonds. The number of carbonyl (C=O) groups excluding carboxylic acids is 1. The number of aromatic nitrogens is 4. The van der Waals surface area contributed by atoms with Gasteiger partial charge in [-0.1, -0.05) is 17.7 Å². The number of pyridine rings is 2. The average Bonchev–Trinajstić information content (AvgIpc) is 3.49. The monoisotopic (exact) mass is 437 g/mol. The number of rotatable bonds is 6. The lowest BCUT2D eigenvalue weighted by Crippen LogP contribution is -2.30. The molecule has 0 aromatic carbocycles. The first-order valence-electron chi connectivity index (χ1n) is 9.72. The van der Waals surface area contributed by atoms with E-state index in [0.29, 0.717) is 36.1 Å². The first kappa shape index (κ1) is 19.4. The Bertz CT molecular complexity index is 1310. The van der Waals surface area contributed by atoms with E-state index in [0.717, 1.165) is 22.6 Å². The molecule has 5 heterocycles. The van der Waals surface area contributed by atoms with Crippen LogP contribution in [0, 0.1) is 0 Å². The molecule has 0 radical (unpaired) electrons. The first-order valence-corrected chi connectivity index (χ1v) is 10.1. The summed E-state index contributed by atoms with van der Waals surface area (Å²) in [5.74, 6) is 0.573. The number of fused-ring (bicyclic) bond motifs is 2. The lowest BCUT2D eigenvalue weighted by Gasteiger charge is -2.13. The lowest BCUT2D eigenvalue weighted by atomic mass is 10.2. The van der Waals surface area contributed by atoms with Gasteiger partial charge in [0.2, 0.25) is 5.91 Å². The summed E-state index contributed by atoms with van der Waals surface area (Å²) < 4.78 is 9.13. The minimum absolute atomic E-state index is 0.144. The summed E-state index contributed by atoms with van der Waals surface area (Å²) in [6.07, 6.45) is 7.27. The summed E-state index contributed by atoms with van der Waals surface area (Å²) in [5.41, 5.74) is 7.14. The molecule has 158 valence electrons. The van der Waals surface area contributed by atoms with Crippen molar-refractivity contribution in [3.8, 4) is 5.88 Å². The van der Waals surface area contributed by atoms with Crippen LogP contribution in [0.25, 0.3) is 11.2 Å². The van der Waals surface area contributed by atoms with Crippen LogP contribution in [-0.2, 0) is 17.9 Å². The number of amides is 1. The highest BCUT2D eigenvalue weighted by Gasteiger charge is 2.19. The smallest absolute Gasteiger partial charge is 0.250 e. The number of hydrazine groups is 1. The molecule has 31 heavy (non-hydrogen) atoms. The third-order valence-electron chi connectivity index (χ3n) is 5.12. The molecule has 9 nitrogen and oxygen atoms in total. The zero-order valence-corrected chi connectivity index (χ0v) is 17.5. The number of carbonyl (C=O) groups is 1. The minimum Gasteiger partial charge on any atom is -0.482 e. The molecule has 4 aromatic rings. The summed E-state index contributed by atoms with van der Waals surface area (Å²) >= 11 is 6.07. The third kappa shape index (κ3) is 3.80. The summed E-state index contributed by atoms with van der Waals surface area (Å²) in [5, 5.41) is 5.41. The van der Waals surface area contributed by atoms with E-state index in [9.17, 15) is 4.79 Å². The standard InChI is InChI=1S/C21H20ClN7O2/c1-31-20-4-2-3-19-26-16(12-29(19)20)11-28-10-14(8-25-28)21(30)23-9-17-18-7-15(22)5-6-27(18)13-24-17/h2-7,10,12-13,25H,8-9,11H2,1H3,(H,23,30). The van der Waals surface area contributed by atoms with E-state index in [1.165, 1.54) is 0 Å². The molecule has 2 N–H and O–H groups in total. The second-order valence-electron chi connectivity index (χ2n) is 7.16. The van der Waals surface area contributed by atoms with E-state index in [-0.39, 0.29) is 5.91 Å². The van der Waals surface area contributed by atoms with Gasteiger partial charge < -0.3 is 19.5 Å². The van der Waals surface area contributed by atoms with Crippen molar-refractivity contribution < 1.29 is 9.53 Å². The van der Waals surface area contributed by atoms with Crippen LogP contribution in [-0.4, -0.2) is 43.3 Å². The minimum atomic E-state index is -0.144. The van der Waals surface area contributed by atoms with Gasteiger partial charge in [-0.25, -0.2) is 15.4 Å². The highest BCUT2D eigenvalue weighted by atomic mass is 35.5. The normalized spacial score (nSPS) is 13.7. The van der Waals surface area contributed by atoms with Gasteiger partial charge in [0, 0.05) is 35.7 Å². The molecule has 10 heteroatoms. The van der Waals surface area contributed by atoms with Crippen LogP contribution < -0.4 is 15.5 Å². The molecule has 0 bridgehead atoms. The Hall–Kier alpha value is -3.56. The van der Waals surface area contributed by atoms with Crippen LogP contribution in [0.2, 0.25) is 5.02 Å². The average molecular weight is 438 g/mol. The molecule has 0 aliphatic carbocycles. The number of ether oxygens (including phenoxy) is 1. The summed E-state index contributed by atoms with van der Waals surface area (Å²) in [6, 6.07) is 9.33. The van der Waals surface area contributed by atoms with Crippen molar-refractivity contribution in [1.82, 2.24) is 34.5 Å². The van der Waals surface area contributed by atoms with Gasteiger partial charge in [0.15, 0.2) is 5.88 Å². The summed E-state index contributed by atoms with van der Waals surface area (Å²) in [7, 11) is 1.63. The number of hydrogen-bond acceptors (Lipinski definition) is 6. The van der Waals surface area contributed by atoms with Gasteiger partial charge in [0.05, 0.1) is 43.4 Å². The zero-order chi connectivity index (χ0) is 21.4. The molecule has 0 spiro atoms. The number of halogens is 1. The van der Waals surface area contributed by atoms with E-state index >= 15 is 0 Å². The first-order chi connectivity index (χ1) is 15.1. The van der Waals surface area contributed by atoms with E-state index < -0.39 is 0 Å². The number of hydrogen-bond donors (Lipinski definition) is 2. The van der Waals surface area contributed by atoms with E-state index in [1.54, 1.807) is 25.7 Å².